The van der Waals surface area contributed by atoms with Gasteiger partial charge in [0.1, 0.15) is 5.82 Å². The Morgan fingerprint density at radius 2 is 2.00 bits per heavy atom. The first-order valence-corrected chi connectivity index (χ1v) is 7.91. The standard InChI is InChI=1S/C17H13F3N4O3/c18-14-11(8-12(24(26)27)15(19)16(14)20)17(25)21-6-3-5-13-22-9-10-4-1-2-7-23(10)13/h1-2,4,7-9H,3,5-6H2,(H,21,25). The van der Waals surface area contributed by atoms with E-state index >= 15 is 0 Å². The third-order valence-electron chi connectivity index (χ3n) is 3.95. The second-order valence-electron chi connectivity index (χ2n) is 5.67. The molecule has 0 bridgehead atoms. The van der Waals surface area contributed by atoms with Gasteiger partial charge in [-0.25, -0.2) is 13.8 Å². The van der Waals surface area contributed by atoms with Crippen molar-refractivity contribution < 1.29 is 22.9 Å². The van der Waals surface area contributed by atoms with Gasteiger partial charge in [-0.1, -0.05) is 6.07 Å². The van der Waals surface area contributed by atoms with Crippen LogP contribution in [0.4, 0.5) is 18.9 Å². The molecule has 0 saturated carbocycles. The van der Waals surface area contributed by atoms with Gasteiger partial charge in [0, 0.05) is 25.2 Å². The molecule has 0 aliphatic heterocycles. The van der Waals surface area contributed by atoms with Gasteiger partial charge >= 0.3 is 5.69 Å². The molecule has 1 amide bonds. The summed E-state index contributed by atoms with van der Waals surface area (Å²) in [6, 6.07) is 5.98. The molecular weight excluding hydrogens is 365 g/mol. The van der Waals surface area contributed by atoms with Crippen molar-refractivity contribution >= 4 is 17.1 Å². The van der Waals surface area contributed by atoms with Crippen molar-refractivity contribution in [1.82, 2.24) is 14.7 Å². The first-order valence-electron chi connectivity index (χ1n) is 7.91. The fraction of sp³-hybridized carbons (Fsp3) is 0.176. The Labute approximate surface area is 150 Å². The molecular formula is C17H13F3N4O3. The fourth-order valence-electron chi connectivity index (χ4n) is 2.62. The highest BCUT2D eigenvalue weighted by molar-refractivity contribution is 5.95. The highest BCUT2D eigenvalue weighted by atomic mass is 19.2. The predicted molar refractivity (Wildman–Crippen MR) is 88.8 cm³/mol. The maximum atomic E-state index is 13.8. The summed E-state index contributed by atoms with van der Waals surface area (Å²) in [7, 11) is 0. The van der Waals surface area contributed by atoms with Gasteiger partial charge < -0.3 is 9.72 Å². The molecule has 0 radical (unpaired) electrons. The number of carbonyl (C=O) groups is 1. The summed E-state index contributed by atoms with van der Waals surface area (Å²) in [6.45, 7) is 0.0901. The molecule has 0 atom stereocenters. The summed E-state index contributed by atoms with van der Waals surface area (Å²) in [5.74, 6) is -6.08. The highest BCUT2D eigenvalue weighted by Gasteiger charge is 2.28. The molecule has 0 spiro atoms. The molecule has 0 aliphatic rings. The van der Waals surface area contributed by atoms with Crippen LogP contribution >= 0.6 is 0 Å². The van der Waals surface area contributed by atoms with Crippen LogP contribution in [0.15, 0.2) is 36.7 Å². The van der Waals surface area contributed by atoms with Crippen molar-refractivity contribution in [2.75, 3.05) is 6.54 Å². The lowest BCUT2D eigenvalue weighted by Gasteiger charge is -2.07. The number of nitro benzene ring substituents is 1. The quantitative estimate of drug-likeness (QED) is 0.309. The van der Waals surface area contributed by atoms with Gasteiger partial charge in [-0.3, -0.25) is 14.9 Å². The summed E-state index contributed by atoms with van der Waals surface area (Å²) < 4.78 is 42.4. The number of nitro groups is 1. The lowest BCUT2D eigenvalue weighted by molar-refractivity contribution is -0.387. The van der Waals surface area contributed by atoms with Crippen molar-refractivity contribution in [2.45, 2.75) is 12.8 Å². The Bertz CT molecular complexity index is 1040. The van der Waals surface area contributed by atoms with Gasteiger partial charge in [-0.05, 0) is 18.6 Å². The molecule has 2 aromatic heterocycles. The summed E-state index contributed by atoms with van der Waals surface area (Å²) in [4.78, 5) is 25.7. The zero-order valence-electron chi connectivity index (χ0n) is 13.8. The number of hydrogen-bond donors (Lipinski definition) is 1. The normalized spacial score (nSPS) is 10.9. The average Bonchev–Trinajstić information content (AvgIpc) is 3.06. The van der Waals surface area contributed by atoms with E-state index in [0.29, 0.717) is 18.9 Å². The lowest BCUT2D eigenvalue weighted by atomic mass is 10.1. The highest BCUT2D eigenvalue weighted by Crippen LogP contribution is 2.25. The summed E-state index contributed by atoms with van der Waals surface area (Å²) in [5.41, 5.74) is -1.32. The van der Waals surface area contributed by atoms with Gasteiger partial charge in [0.15, 0.2) is 5.82 Å². The SMILES string of the molecule is O=C(NCCCc1ncc2ccccn12)c1cc([N+](=O)[O-])c(F)c(F)c1F. The summed E-state index contributed by atoms with van der Waals surface area (Å²) in [5, 5.41) is 13.0. The van der Waals surface area contributed by atoms with E-state index in [1.165, 1.54) is 0 Å². The number of pyridine rings is 1. The van der Waals surface area contributed by atoms with E-state index in [1.807, 2.05) is 28.8 Å². The molecule has 7 nitrogen and oxygen atoms in total. The molecule has 1 N–H and O–H groups in total. The number of fused-ring (bicyclic) bond motifs is 1. The van der Waals surface area contributed by atoms with Crippen molar-refractivity contribution in [3.8, 4) is 0 Å². The Balaban J connectivity index is 1.65. The third kappa shape index (κ3) is 3.59. The molecule has 0 unspecified atom stereocenters. The zero-order chi connectivity index (χ0) is 19.6. The molecule has 27 heavy (non-hydrogen) atoms. The van der Waals surface area contributed by atoms with Crippen LogP contribution in [0.1, 0.15) is 22.6 Å². The van der Waals surface area contributed by atoms with Crippen LogP contribution in [0.25, 0.3) is 5.52 Å². The minimum absolute atomic E-state index is 0.0901. The van der Waals surface area contributed by atoms with E-state index in [0.717, 1.165) is 11.3 Å². The number of aryl methyl sites for hydroxylation is 1. The Kier molecular flexibility index (Phi) is 5.06. The first-order chi connectivity index (χ1) is 12.9. The molecule has 140 valence electrons. The van der Waals surface area contributed by atoms with Crippen LogP contribution < -0.4 is 5.32 Å². The van der Waals surface area contributed by atoms with Crippen molar-refractivity contribution in [1.29, 1.82) is 0 Å². The first kappa shape index (κ1) is 18.4. The molecule has 10 heteroatoms. The number of halogens is 3. The third-order valence-corrected chi connectivity index (χ3v) is 3.95. The van der Waals surface area contributed by atoms with E-state index in [2.05, 4.69) is 10.3 Å². The average molecular weight is 378 g/mol. The van der Waals surface area contributed by atoms with Gasteiger partial charge in [0.25, 0.3) is 5.91 Å². The number of carbonyl (C=O) groups excluding carboxylic acids is 1. The molecule has 3 rings (SSSR count). The topological polar surface area (TPSA) is 89.5 Å². The molecule has 3 aromatic rings. The zero-order valence-corrected chi connectivity index (χ0v) is 13.8. The summed E-state index contributed by atoms with van der Waals surface area (Å²) >= 11 is 0. The maximum absolute atomic E-state index is 13.8. The molecule has 0 fully saturated rings. The number of imidazole rings is 1. The number of rotatable bonds is 6. The van der Waals surface area contributed by atoms with Gasteiger partial charge in [-0.15, -0.1) is 0 Å². The maximum Gasteiger partial charge on any atom is 0.308 e. The largest absolute Gasteiger partial charge is 0.352 e. The molecule has 0 saturated heterocycles. The van der Waals surface area contributed by atoms with E-state index in [1.54, 1.807) is 6.20 Å². The van der Waals surface area contributed by atoms with Gasteiger partial charge in [0.2, 0.25) is 11.6 Å². The number of nitrogens with zero attached hydrogens (tertiary/aromatic N) is 3. The van der Waals surface area contributed by atoms with Crippen LogP contribution in [-0.2, 0) is 6.42 Å². The second-order valence-corrected chi connectivity index (χ2v) is 5.67. The fourth-order valence-corrected chi connectivity index (χ4v) is 2.62. The molecule has 0 aliphatic carbocycles. The monoisotopic (exact) mass is 378 g/mol. The van der Waals surface area contributed by atoms with E-state index in [-0.39, 0.29) is 6.54 Å². The predicted octanol–water partition coefficient (Wildman–Crippen LogP) is 3.02. The second kappa shape index (κ2) is 7.44. The Morgan fingerprint density at radius 1 is 1.22 bits per heavy atom. The van der Waals surface area contributed by atoms with E-state index in [4.69, 9.17) is 0 Å². The van der Waals surface area contributed by atoms with Crippen LogP contribution in [0, 0.1) is 27.6 Å². The van der Waals surface area contributed by atoms with Crippen LogP contribution in [0.2, 0.25) is 0 Å². The van der Waals surface area contributed by atoms with Crippen molar-refractivity contribution in [3.63, 3.8) is 0 Å². The number of benzene rings is 1. The minimum Gasteiger partial charge on any atom is -0.352 e. The van der Waals surface area contributed by atoms with Crippen molar-refractivity contribution in [2.24, 2.45) is 0 Å². The Hall–Kier alpha value is -3.43. The van der Waals surface area contributed by atoms with Crippen LogP contribution in [-0.4, -0.2) is 26.8 Å². The van der Waals surface area contributed by atoms with Crippen molar-refractivity contribution in [3.05, 3.63) is 75.6 Å². The van der Waals surface area contributed by atoms with Crippen LogP contribution in [0.3, 0.4) is 0 Å². The number of hydrogen-bond acceptors (Lipinski definition) is 4. The number of amides is 1. The van der Waals surface area contributed by atoms with E-state index < -0.39 is 39.5 Å². The van der Waals surface area contributed by atoms with Crippen LogP contribution in [0.5, 0.6) is 0 Å². The number of aromatic nitrogens is 2. The Morgan fingerprint density at radius 3 is 2.74 bits per heavy atom. The lowest BCUT2D eigenvalue weighted by Crippen LogP contribution is -2.26. The van der Waals surface area contributed by atoms with Gasteiger partial charge in [0.05, 0.1) is 22.2 Å². The number of nitrogens with one attached hydrogen (secondary N) is 1. The molecule has 1 aromatic carbocycles. The molecule has 2 heterocycles. The van der Waals surface area contributed by atoms with Gasteiger partial charge in [-0.2, -0.15) is 4.39 Å². The van der Waals surface area contributed by atoms with E-state index in [9.17, 15) is 28.1 Å². The summed E-state index contributed by atoms with van der Waals surface area (Å²) in [6.07, 6.45) is 4.47. The smallest absolute Gasteiger partial charge is 0.308 e. The minimum atomic E-state index is -2.06.